The topological polar surface area (TPSA) is 95.1 Å². The molecule has 1 amide bonds. The van der Waals surface area contributed by atoms with Crippen LogP contribution in [0.5, 0.6) is 0 Å². The second-order valence-corrected chi connectivity index (χ2v) is 2.87. The highest BCUT2D eigenvalue weighted by molar-refractivity contribution is 5.91. The third kappa shape index (κ3) is 2.98. The van der Waals surface area contributed by atoms with Gasteiger partial charge in [-0.2, -0.15) is 5.10 Å². The first kappa shape index (κ1) is 10.4. The number of aromatic amines is 1. The van der Waals surface area contributed by atoms with Crippen molar-refractivity contribution >= 4 is 5.91 Å². The monoisotopic (exact) mass is 197 g/mol. The Hall–Kier alpha value is -1.69. The van der Waals surface area contributed by atoms with Crippen molar-refractivity contribution in [1.29, 1.82) is 0 Å². The Morgan fingerprint density at radius 1 is 1.71 bits per heavy atom. The van der Waals surface area contributed by atoms with E-state index in [1.165, 1.54) is 12.1 Å². The van der Waals surface area contributed by atoms with E-state index in [1.54, 1.807) is 6.92 Å². The predicted octanol–water partition coefficient (Wildman–Crippen LogP) is -1.12. The van der Waals surface area contributed by atoms with Gasteiger partial charge in [0.2, 0.25) is 0 Å². The van der Waals surface area contributed by atoms with Gasteiger partial charge in [-0.15, -0.1) is 0 Å². The van der Waals surface area contributed by atoms with E-state index in [9.17, 15) is 9.59 Å². The fourth-order valence-electron chi connectivity index (χ4n) is 0.802. The third-order valence-corrected chi connectivity index (χ3v) is 1.47. The van der Waals surface area contributed by atoms with Crippen LogP contribution in [0.2, 0.25) is 0 Å². The molecule has 0 aliphatic heterocycles. The standard InChI is InChI=1S/C8H11N3O3/c1-5(12)4-9-8(14)6-2-3-7(13)11-10-6/h2-3,5,12H,4H2,1H3,(H,9,14)(H,11,13)/t5-/m0/s1. The number of H-pyrrole nitrogens is 1. The average molecular weight is 197 g/mol. The highest BCUT2D eigenvalue weighted by atomic mass is 16.3. The maximum Gasteiger partial charge on any atom is 0.271 e. The number of aliphatic hydroxyl groups excluding tert-OH is 1. The molecule has 0 spiro atoms. The molecule has 0 aromatic carbocycles. The number of aliphatic hydroxyl groups is 1. The molecule has 0 aliphatic rings. The van der Waals surface area contributed by atoms with Crippen molar-refractivity contribution in [2.75, 3.05) is 6.54 Å². The summed E-state index contributed by atoms with van der Waals surface area (Å²) in [4.78, 5) is 21.9. The van der Waals surface area contributed by atoms with Gasteiger partial charge in [-0.3, -0.25) is 9.59 Å². The van der Waals surface area contributed by atoms with Crippen LogP contribution < -0.4 is 10.9 Å². The molecule has 1 atom stereocenters. The highest BCUT2D eigenvalue weighted by Crippen LogP contribution is 1.88. The molecule has 0 bridgehead atoms. The first-order chi connectivity index (χ1) is 6.59. The summed E-state index contributed by atoms with van der Waals surface area (Å²) in [5.41, 5.74) is -0.248. The smallest absolute Gasteiger partial charge is 0.271 e. The summed E-state index contributed by atoms with van der Waals surface area (Å²) in [6, 6.07) is 2.53. The van der Waals surface area contributed by atoms with Crippen LogP contribution in [0.1, 0.15) is 17.4 Å². The molecule has 1 rings (SSSR count). The van der Waals surface area contributed by atoms with Crippen molar-refractivity contribution in [3.8, 4) is 0 Å². The van der Waals surface area contributed by atoms with E-state index in [2.05, 4.69) is 15.5 Å². The van der Waals surface area contributed by atoms with Crippen molar-refractivity contribution in [2.45, 2.75) is 13.0 Å². The summed E-state index contributed by atoms with van der Waals surface area (Å²) in [6.07, 6.45) is -0.610. The molecule has 1 heterocycles. The summed E-state index contributed by atoms with van der Waals surface area (Å²) >= 11 is 0. The Bertz CT molecular complexity index is 352. The Balaban J connectivity index is 2.61. The lowest BCUT2D eigenvalue weighted by atomic mass is 10.3. The molecule has 0 saturated heterocycles. The normalized spacial score (nSPS) is 12.1. The van der Waals surface area contributed by atoms with Gasteiger partial charge in [0.15, 0.2) is 0 Å². The van der Waals surface area contributed by atoms with E-state index < -0.39 is 12.0 Å². The van der Waals surface area contributed by atoms with Crippen molar-refractivity contribution in [1.82, 2.24) is 15.5 Å². The van der Waals surface area contributed by atoms with E-state index in [0.717, 1.165) is 0 Å². The third-order valence-electron chi connectivity index (χ3n) is 1.47. The lowest BCUT2D eigenvalue weighted by Crippen LogP contribution is -2.31. The van der Waals surface area contributed by atoms with E-state index >= 15 is 0 Å². The predicted molar refractivity (Wildman–Crippen MR) is 48.9 cm³/mol. The summed E-state index contributed by atoms with van der Waals surface area (Å²) in [6.45, 7) is 1.71. The molecule has 14 heavy (non-hydrogen) atoms. The average Bonchev–Trinajstić information content (AvgIpc) is 2.15. The van der Waals surface area contributed by atoms with E-state index in [0.29, 0.717) is 0 Å². The first-order valence-corrected chi connectivity index (χ1v) is 4.11. The SMILES string of the molecule is C[C@H](O)CNC(=O)c1ccc(=O)[nH]n1. The van der Waals surface area contributed by atoms with Crippen LogP contribution in [-0.4, -0.2) is 33.9 Å². The maximum atomic E-state index is 11.3. The zero-order valence-electron chi connectivity index (χ0n) is 7.65. The molecular formula is C8H11N3O3. The van der Waals surface area contributed by atoms with Crippen molar-refractivity contribution < 1.29 is 9.90 Å². The number of hydrogen-bond donors (Lipinski definition) is 3. The second-order valence-electron chi connectivity index (χ2n) is 2.87. The Kier molecular flexibility index (Phi) is 3.35. The minimum absolute atomic E-state index is 0.116. The van der Waals surface area contributed by atoms with Crippen molar-refractivity contribution in [3.05, 3.63) is 28.2 Å². The van der Waals surface area contributed by atoms with Gasteiger partial charge in [-0.25, -0.2) is 5.10 Å². The van der Waals surface area contributed by atoms with Crippen molar-refractivity contribution in [3.63, 3.8) is 0 Å². The largest absolute Gasteiger partial charge is 0.392 e. The fourth-order valence-corrected chi connectivity index (χ4v) is 0.802. The van der Waals surface area contributed by atoms with E-state index in [1.807, 2.05) is 0 Å². The Morgan fingerprint density at radius 2 is 2.43 bits per heavy atom. The number of carbonyl (C=O) groups is 1. The second kappa shape index (κ2) is 4.52. The summed E-state index contributed by atoms with van der Waals surface area (Å²) < 4.78 is 0. The van der Waals surface area contributed by atoms with Gasteiger partial charge in [0, 0.05) is 12.6 Å². The molecule has 1 aromatic heterocycles. The minimum Gasteiger partial charge on any atom is -0.392 e. The number of amides is 1. The zero-order valence-corrected chi connectivity index (χ0v) is 7.65. The van der Waals surface area contributed by atoms with Crippen LogP contribution in [0.15, 0.2) is 16.9 Å². The van der Waals surface area contributed by atoms with Gasteiger partial charge in [0.05, 0.1) is 6.10 Å². The number of nitrogens with zero attached hydrogens (tertiary/aromatic N) is 1. The maximum absolute atomic E-state index is 11.3. The molecule has 1 aromatic rings. The van der Waals surface area contributed by atoms with Gasteiger partial charge in [0.1, 0.15) is 5.69 Å². The first-order valence-electron chi connectivity index (χ1n) is 4.11. The van der Waals surface area contributed by atoms with Crippen LogP contribution >= 0.6 is 0 Å². The summed E-state index contributed by atoms with van der Waals surface area (Å²) in [5.74, 6) is -0.429. The van der Waals surface area contributed by atoms with Crippen LogP contribution in [-0.2, 0) is 0 Å². The van der Waals surface area contributed by atoms with Gasteiger partial charge in [0.25, 0.3) is 11.5 Å². The Labute approximate surface area is 80.0 Å². The molecule has 3 N–H and O–H groups in total. The zero-order chi connectivity index (χ0) is 10.6. The summed E-state index contributed by atoms with van der Waals surface area (Å²) in [7, 11) is 0. The number of nitrogens with one attached hydrogen (secondary N) is 2. The van der Waals surface area contributed by atoms with Crippen molar-refractivity contribution in [2.24, 2.45) is 0 Å². The fraction of sp³-hybridized carbons (Fsp3) is 0.375. The number of carbonyl (C=O) groups excluding carboxylic acids is 1. The molecule has 0 saturated carbocycles. The lowest BCUT2D eigenvalue weighted by molar-refractivity contribution is 0.0918. The lowest BCUT2D eigenvalue weighted by Gasteiger charge is -2.05. The van der Waals surface area contributed by atoms with E-state index in [4.69, 9.17) is 5.11 Å². The molecule has 76 valence electrons. The summed E-state index contributed by atoms with van der Waals surface area (Å²) in [5, 5.41) is 17.0. The molecule has 0 aliphatic carbocycles. The molecule has 0 radical (unpaired) electrons. The molecule has 6 heteroatoms. The van der Waals surface area contributed by atoms with E-state index in [-0.39, 0.29) is 17.8 Å². The van der Waals surface area contributed by atoms with Gasteiger partial charge in [-0.05, 0) is 13.0 Å². The molecular weight excluding hydrogens is 186 g/mol. The molecule has 0 fully saturated rings. The number of aromatic nitrogens is 2. The highest BCUT2D eigenvalue weighted by Gasteiger charge is 2.07. The van der Waals surface area contributed by atoms with Gasteiger partial charge < -0.3 is 10.4 Å². The minimum atomic E-state index is -0.610. The Morgan fingerprint density at radius 3 is 2.93 bits per heavy atom. The molecule has 0 unspecified atom stereocenters. The van der Waals surface area contributed by atoms with Gasteiger partial charge >= 0.3 is 0 Å². The van der Waals surface area contributed by atoms with Crippen LogP contribution in [0.3, 0.4) is 0 Å². The molecule has 6 nitrogen and oxygen atoms in total. The van der Waals surface area contributed by atoms with Crippen LogP contribution in [0.25, 0.3) is 0 Å². The quantitative estimate of drug-likeness (QED) is 0.572. The number of hydrogen-bond acceptors (Lipinski definition) is 4. The van der Waals surface area contributed by atoms with Crippen LogP contribution in [0.4, 0.5) is 0 Å². The van der Waals surface area contributed by atoms with Gasteiger partial charge in [-0.1, -0.05) is 0 Å². The number of rotatable bonds is 3. The van der Waals surface area contributed by atoms with Crippen LogP contribution in [0, 0.1) is 0 Å².